The molecule has 2 amide bonds. The van der Waals surface area contributed by atoms with Crippen LogP contribution in [0.2, 0.25) is 0 Å². The molecule has 2 aromatic rings. The number of hydrogen-bond acceptors (Lipinski definition) is 4. The molecule has 0 fully saturated rings. The maximum absolute atomic E-state index is 13.9. The zero-order valence-corrected chi connectivity index (χ0v) is 14.5. The molecule has 1 N–H and O–H groups in total. The van der Waals surface area contributed by atoms with Crippen LogP contribution >= 0.6 is 0 Å². The first-order valence-electron chi connectivity index (χ1n) is 7.93. The van der Waals surface area contributed by atoms with E-state index in [1.54, 1.807) is 18.2 Å². The number of anilines is 2. The minimum absolute atomic E-state index is 0.00727. The number of hydrogen-bond donors (Lipinski definition) is 1. The van der Waals surface area contributed by atoms with E-state index in [4.69, 9.17) is 0 Å². The molecule has 6 nitrogen and oxygen atoms in total. The van der Waals surface area contributed by atoms with E-state index in [0.29, 0.717) is 11.3 Å². The Morgan fingerprint density at radius 1 is 1.08 bits per heavy atom. The van der Waals surface area contributed by atoms with E-state index in [9.17, 15) is 18.8 Å². The third-order valence-corrected chi connectivity index (χ3v) is 3.68. The topological polar surface area (TPSA) is 75.7 Å². The molecule has 0 unspecified atom stereocenters. The van der Waals surface area contributed by atoms with E-state index >= 15 is 0 Å². The van der Waals surface area contributed by atoms with Gasteiger partial charge in [0.05, 0.1) is 18.4 Å². The van der Waals surface area contributed by atoms with Crippen LogP contribution in [0.1, 0.15) is 23.7 Å². The van der Waals surface area contributed by atoms with Crippen LogP contribution in [0.4, 0.5) is 15.8 Å². The van der Waals surface area contributed by atoms with Crippen molar-refractivity contribution >= 4 is 29.2 Å². The van der Waals surface area contributed by atoms with Crippen LogP contribution in [0.5, 0.6) is 0 Å². The van der Waals surface area contributed by atoms with Crippen LogP contribution in [0, 0.1) is 5.82 Å². The summed E-state index contributed by atoms with van der Waals surface area (Å²) in [6.45, 7) is 1.36. The van der Waals surface area contributed by atoms with Crippen LogP contribution in [0.25, 0.3) is 0 Å². The van der Waals surface area contributed by atoms with Crippen LogP contribution < -0.4 is 10.2 Å². The molecule has 2 aromatic carbocycles. The Labute approximate surface area is 150 Å². The second kappa shape index (κ2) is 8.75. The molecule has 0 heterocycles. The number of benzene rings is 2. The number of carbonyl (C=O) groups is 3. The lowest BCUT2D eigenvalue weighted by Crippen LogP contribution is -2.32. The molecule has 0 bridgehead atoms. The van der Waals surface area contributed by atoms with Gasteiger partial charge in [0.1, 0.15) is 5.82 Å². The number of nitrogens with zero attached hydrogens (tertiary/aromatic N) is 1. The van der Waals surface area contributed by atoms with Crippen molar-refractivity contribution in [3.63, 3.8) is 0 Å². The van der Waals surface area contributed by atoms with E-state index in [0.717, 1.165) is 0 Å². The summed E-state index contributed by atoms with van der Waals surface area (Å²) in [6, 6.07) is 12.1. The minimum Gasteiger partial charge on any atom is -0.465 e. The normalized spacial score (nSPS) is 10.1. The van der Waals surface area contributed by atoms with Crippen molar-refractivity contribution in [3.8, 4) is 0 Å². The number of rotatable bonds is 6. The molecule has 0 radical (unpaired) electrons. The molecule has 0 atom stereocenters. The lowest BCUT2D eigenvalue weighted by Gasteiger charge is -2.21. The summed E-state index contributed by atoms with van der Waals surface area (Å²) in [5.74, 6) is -1.69. The number of nitrogens with one attached hydrogen (secondary N) is 1. The maximum atomic E-state index is 13.9. The van der Waals surface area contributed by atoms with Crippen molar-refractivity contribution in [3.05, 3.63) is 59.9 Å². The Morgan fingerprint density at radius 2 is 1.73 bits per heavy atom. The molecular weight excluding hydrogens is 339 g/mol. The first-order valence-corrected chi connectivity index (χ1v) is 7.93. The standard InChI is InChI=1S/C19H19FN2O4/c1-13(23)22(17-6-4-3-5-16(17)20)12-11-18(24)21-15-9-7-14(8-10-15)19(25)26-2/h3-10H,11-12H2,1-2H3,(H,21,24). The highest BCUT2D eigenvalue weighted by Gasteiger charge is 2.16. The van der Waals surface area contributed by atoms with Crippen molar-refractivity contribution in [2.24, 2.45) is 0 Å². The van der Waals surface area contributed by atoms with Gasteiger partial charge in [-0.3, -0.25) is 9.59 Å². The zero-order chi connectivity index (χ0) is 19.1. The van der Waals surface area contributed by atoms with E-state index in [1.165, 1.54) is 49.3 Å². The number of ether oxygens (including phenoxy) is 1. The Bertz CT molecular complexity index is 805. The van der Waals surface area contributed by atoms with Crippen LogP contribution in [0.15, 0.2) is 48.5 Å². The van der Waals surface area contributed by atoms with Crippen molar-refractivity contribution in [1.29, 1.82) is 0 Å². The Hall–Kier alpha value is -3.22. The smallest absolute Gasteiger partial charge is 0.337 e. The molecule has 7 heteroatoms. The molecule has 2 rings (SSSR count). The number of para-hydroxylation sites is 1. The molecule has 0 aliphatic heterocycles. The van der Waals surface area contributed by atoms with Crippen molar-refractivity contribution in [1.82, 2.24) is 0 Å². The van der Waals surface area contributed by atoms with Gasteiger partial charge in [-0.15, -0.1) is 0 Å². The van der Waals surface area contributed by atoms with Gasteiger partial charge in [-0.1, -0.05) is 12.1 Å². The van der Waals surface area contributed by atoms with Gasteiger partial charge in [0.2, 0.25) is 11.8 Å². The molecule has 0 aromatic heterocycles. The van der Waals surface area contributed by atoms with Gasteiger partial charge in [-0.2, -0.15) is 0 Å². The summed E-state index contributed by atoms with van der Waals surface area (Å²) >= 11 is 0. The number of amides is 2. The van der Waals surface area contributed by atoms with Crippen LogP contribution in [-0.4, -0.2) is 31.4 Å². The predicted octanol–water partition coefficient (Wildman–Crippen LogP) is 2.99. The van der Waals surface area contributed by atoms with Gasteiger partial charge in [-0.05, 0) is 36.4 Å². The van der Waals surface area contributed by atoms with Crippen molar-refractivity contribution in [2.75, 3.05) is 23.9 Å². The number of carbonyl (C=O) groups excluding carboxylic acids is 3. The first kappa shape index (κ1) is 19.1. The SMILES string of the molecule is COC(=O)c1ccc(NC(=O)CCN(C(C)=O)c2ccccc2F)cc1. The van der Waals surface area contributed by atoms with E-state index in [2.05, 4.69) is 10.1 Å². The van der Waals surface area contributed by atoms with Crippen LogP contribution in [-0.2, 0) is 14.3 Å². The quantitative estimate of drug-likeness (QED) is 0.806. The predicted molar refractivity (Wildman–Crippen MR) is 95.5 cm³/mol. The summed E-state index contributed by atoms with van der Waals surface area (Å²) in [5.41, 5.74) is 1.01. The lowest BCUT2D eigenvalue weighted by molar-refractivity contribution is -0.117. The minimum atomic E-state index is -0.526. The fraction of sp³-hybridized carbons (Fsp3) is 0.211. The highest BCUT2D eigenvalue weighted by atomic mass is 19.1. The third kappa shape index (κ3) is 4.89. The van der Waals surface area contributed by atoms with Gasteiger partial charge >= 0.3 is 5.97 Å². The van der Waals surface area contributed by atoms with Crippen LogP contribution in [0.3, 0.4) is 0 Å². The van der Waals surface area contributed by atoms with Gasteiger partial charge in [0, 0.05) is 25.6 Å². The zero-order valence-electron chi connectivity index (χ0n) is 14.5. The Morgan fingerprint density at radius 3 is 2.31 bits per heavy atom. The second-order valence-electron chi connectivity index (χ2n) is 5.49. The van der Waals surface area contributed by atoms with Gasteiger partial charge in [0.15, 0.2) is 0 Å². The summed E-state index contributed by atoms with van der Waals surface area (Å²) < 4.78 is 18.5. The molecule has 26 heavy (non-hydrogen) atoms. The fourth-order valence-electron chi connectivity index (χ4n) is 2.36. The fourth-order valence-corrected chi connectivity index (χ4v) is 2.36. The molecule has 0 aliphatic rings. The van der Waals surface area contributed by atoms with E-state index in [1.807, 2.05) is 0 Å². The summed E-state index contributed by atoms with van der Waals surface area (Å²) in [5, 5.41) is 2.66. The molecule has 136 valence electrons. The first-order chi connectivity index (χ1) is 12.4. The van der Waals surface area contributed by atoms with Gasteiger partial charge in [0.25, 0.3) is 0 Å². The van der Waals surface area contributed by atoms with Crippen molar-refractivity contribution < 1.29 is 23.5 Å². The average Bonchev–Trinajstić information content (AvgIpc) is 2.63. The number of methoxy groups -OCH3 is 1. The molecule has 0 saturated heterocycles. The van der Waals surface area contributed by atoms with Gasteiger partial charge in [-0.25, -0.2) is 9.18 Å². The maximum Gasteiger partial charge on any atom is 0.337 e. The Balaban J connectivity index is 1.97. The number of halogens is 1. The molecule has 0 aliphatic carbocycles. The average molecular weight is 358 g/mol. The largest absolute Gasteiger partial charge is 0.465 e. The van der Waals surface area contributed by atoms with Gasteiger partial charge < -0.3 is 15.0 Å². The monoisotopic (exact) mass is 358 g/mol. The summed E-state index contributed by atoms with van der Waals surface area (Å²) in [4.78, 5) is 36.5. The molecule has 0 spiro atoms. The van der Waals surface area contributed by atoms with E-state index < -0.39 is 11.8 Å². The van der Waals surface area contributed by atoms with Crippen molar-refractivity contribution in [2.45, 2.75) is 13.3 Å². The highest BCUT2D eigenvalue weighted by molar-refractivity contribution is 5.95. The third-order valence-electron chi connectivity index (χ3n) is 3.68. The molecule has 0 saturated carbocycles. The highest BCUT2D eigenvalue weighted by Crippen LogP contribution is 2.19. The summed E-state index contributed by atoms with van der Waals surface area (Å²) in [7, 11) is 1.29. The number of esters is 1. The summed E-state index contributed by atoms with van der Waals surface area (Å²) in [6.07, 6.45) is -0.00727. The molecular formula is C19H19FN2O4. The lowest BCUT2D eigenvalue weighted by atomic mass is 10.2. The Kier molecular flexibility index (Phi) is 6.43. The van der Waals surface area contributed by atoms with E-state index in [-0.39, 0.29) is 30.5 Å². The second-order valence-corrected chi connectivity index (χ2v) is 5.49.